The molecule has 0 bridgehead atoms. The van der Waals surface area contributed by atoms with E-state index in [2.05, 4.69) is 15.5 Å². The Hall–Kier alpha value is -4.19. The van der Waals surface area contributed by atoms with E-state index < -0.39 is 0 Å². The molecular formula is C23H15N3O3. The van der Waals surface area contributed by atoms with Crippen LogP contribution >= 0.6 is 0 Å². The lowest BCUT2D eigenvalue weighted by Crippen LogP contribution is -2.10. The zero-order chi connectivity index (χ0) is 19.6. The fourth-order valence-corrected chi connectivity index (χ4v) is 3.05. The third kappa shape index (κ3) is 3.39. The van der Waals surface area contributed by atoms with Gasteiger partial charge in [0.2, 0.25) is 11.8 Å². The number of carbonyl (C=O) groups is 1. The van der Waals surface area contributed by atoms with Crippen molar-refractivity contribution in [2.45, 2.75) is 0 Å². The maximum atomic E-state index is 12.6. The first kappa shape index (κ1) is 16.9. The maximum Gasteiger partial charge on any atom is 0.291 e. The summed E-state index contributed by atoms with van der Waals surface area (Å²) in [6, 6.07) is 26.0. The molecule has 140 valence electrons. The van der Waals surface area contributed by atoms with Gasteiger partial charge in [-0.3, -0.25) is 4.79 Å². The highest BCUT2D eigenvalue weighted by Crippen LogP contribution is 2.26. The van der Waals surface area contributed by atoms with E-state index in [1.165, 1.54) is 0 Å². The van der Waals surface area contributed by atoms with Gasteiger partial charge in [-0.25, -0.2) is 0 Å². The van der Waals surface area contributed by atoms with Crippen LogP contribution in [0.15, 0.2) is 93.8 Å². The summed E-state index contributed by atoms with van der Waals surface area (Å²) in [7, 11) is 0. The normalized spacial score (nSPS) is 10.9. The largest absolute Gasteiger partial charge is 0.451 e. The molecule has 0 unspecified atom stereocenters. The van der Waals surface area contributed by atoms with E-state index in [4.69, 9.17) is 8.83 Å². The lowest BCUT2D eigenvalue weighted by molar-refractivity contribution is 0.0998. The Labute approximate surface area is 165 Å². The van der Waals surface area contributed by atoms with Gasteiger partial charge in [0.15, 0.2) is 5.76 Å². The van der Waals surface area contributed by atoms with E-state index in [-0.39, 0.29) is 11.7 Å². The smallest absolute Gasteiger partial charge is 0.291 e. The molecule has 6 nitrogen and oxygen atoms in total. The highest BCUT2D eigenvalue weighted by Gasteiger charge is 2.14. The minimum absolute atomic E-state index is 0.251. The monoisotopic (exact) mass is 381 g/mol. The van der Waals surface area contributed by atoms with E-state index >= 15 is 0 Å². The summed E-state index contributed by atoms with van der Waals surface area (Å²) in [5, 5.41) is 12.0. The van der Waals surface area contributed by atoms with Crippen molar-refractivity contribution in [3.05, 3.63) is 90.7 Å². The number of amides is 1. The first-order valence-corrected chi connectivity index (χ1v) is 9.05. The van der Waals surface area contributed by atoms with Crippen molar-refractivity contribution in [2.75, 3.05) is 5.32 Å². The van der Waals surface area contributed by atoms with Crippen molar-refractivity contribution < 1.29 is 13.6 Å². The fourth-order valence-electron chi connectivity index (χ4n) is 3.05. The van der Waals surface area contributed by atoms with Crippen LogP contribution in [-0.2, 0) is 0 Å². The molecule has 0 fully saturated rings. The predicted molar refractivity (Wildman–Crippen MR) is 109 cm³/mol. The summed E-state index contributed by atoms with van der Waals surface area (Å²) in [4.78, 5) is 12.6. The van der Waals surface area contributed by atoms with Gasteiger partial charge in [-0.05, 0) is 42.5 Å². The van der Waals surface area contributed by atoms with Crippen LogP contribution in [0.1, 0.15) is 10.6 Å². The summed E-state index contributed by atoms with van der Waals surface area (Å²) in [6.07, 6.45) is 0. The molecule has 0 spiro atoms. The van der Waals surface area contributed by atoms with Gasteiger partial charge in [0.25, 0.3) is 5.91 Å². The summed E-state index contributed by atoms with van der Waals surface area (Å²) >= 11 is 0. The number of furan rings is 1. The summed E-state index contributed by atoms with van der Waals surface area (Å²) in [6.45, 7) is 0. The lowest BCUT2D eigenvalue weighted by Gasteiger charge is -2.04. The second kappa shape index (κ2) is 7.09. The topological polar surface area (TPSA) is 81.2 Å². The molecule has 0 atom stereocenters. The minimum atomic E-state index is -0.325. The number of para-hydroxylation sites is 1. The Balaban J connectivity index is 1.38. The SMILES string of the molecule is O=C(Nc1cccc(-c2nnc(-c3ccccc3)o2)c1)c1cc2ccccc2o1. The van der Waals surface area contributed by atoms with Gasteiger partial charge in [0, 0.05) is 22.2 Å². The lowest BCUT2D eigenvalue weighted by atomic mass is 10.2. The average molecular weight is 381 g/mol. The first-order valence-electron chi connectivity index (χ1n) is 9.05. The average Bonchev–Trinajstić information content (AvgIpc) is 3.42. The number of hydrogen-bond acceptors (Lipinski definition) is 5. The number of nitrogens with one attached hydrogen (secondary N) is 1. The van der Waals surface area contributed by atoms with Crippen molar-refractivity contribution in [2.24, 2.45) is 0 Å². The number of hydrogen-bond donors (Lipinski definition) is 1. The summed E-state index contributed by atoms with van der Waals surface area (Å²) < 4.78 is 11.4. The Bertz CT molecular complexity index is 1270. The number of aromatic nitrogens is 2. The number of benzene rings is 3. The number of nitrogens with zero attached hydrogens (tertiary/aromatic N) is 2. The van der Waals surface area contributed by atoms with Crippen LogP contribution in [0.2, 0.25) is 0 Å². The molecule has 0 aliphatic carbocycles. The van der Waals surface area contributed by atoms with E-state index in [1.54, 1.807) is 18.2 Å². The van der Waals surface area contributed by atoms with Gasteiger partial charge in [-0.1, -0.05) is 42.5 Å². The van der Waals surface area contributed by atoms with Crippen molar-refractivity contribution in [1.29, 1.82) is 0 Å². The number of anilines is 1. The van der Waals surface area contributed by atoms with E-state index in [0.717, 1.165) is 10.9 Å². The van der Waals surface area contributed by atoms with Crippen LogP contribution in [0.25, 0.3) is 33.9 Å². The van der Waals surface area contributed by atoms with E-state index in [9.17, 15) is 4.79 Å². The molecule has 1 amide bonds. The molecule has 6 heteroatoms. The summed E-state index contributed by atoms with van der Waals surface area (Å²) in [5.41, 5.74) is 2.83. The molecule has 1 N–H and O–H groups in total. The van der Waals surface area contributed by atoms with Crippen molar-refractivity contribution in [3.8, 4) is 22.9 Å². The fraction of sp³-hybridized carbons (Fsp3) is 0. The molecule has 2 aromatic heterocycles. The summed E-state index contributed by atoms with van der Waals surface area (Å²) in [5.74, 6) is 0.746. The molecule has 0 saturated heterocycles. The van der Waals surface area contributed by atoms with E-state index in [1.807, 2.05) is 66.7 Å². The van der Waals surface area contributed by atoms with E-state index in [0.29, 0.717) is 28.6 Å². The zero-order valence-electron chi connectivity index (χ0n) is 15.2. The van der Waals surface area contributed by atoms with Crippen LogP contribution in [-0.4, -0.2) is 16.1 Å². The third-order valence-electron chi connectivity index (χ3n) is 4.46. The van der Waals surface area contributed by atoms with Gasteiger partial charge < -0.3 is 14.2 Å². The van der Waals surface area contributed by atoms with Crippen molar-refractivity contribution in [1.82, 2.24) is 10.2 Å². The standard InChI is InChI=1S/C23H15N3O3/c27-21(20-14-16-9-4-5-12-19(16)28-20)24-18-11-6-10-17(13-18)23-26-25-22(29-23)15-7-2-1-3-8-15/h1-14H,(H,24,27). The molecule has 29 heavy (non-hydrogen) atoms. The minimum Gasteiger partial charge on any atom is -0.451 e. The molecule has 0 aliphatic heterocycles. The highest BCUT2D eigenvalue weighted by atomic mass is 16.4. The van der Waals surface area contributed by atoms with Crippen molar-refractivity contribution >= 4 is 22.6 Å². The Morgan fingerprint density at radius 2 is 1.45 bits per heavy atom. The van der Waals surface area contributed by atoms with Crippen LogP contribution in [0.5, 0.6) is 0 Å². The van der Waals surface area contributed by atoms with Gasteiger partial charge in [0.05, 0.1) is 0 Å². The molecule has 5 aromatic rings. The molecular weight excluding hydrogens is 366 g/mol. The number of carbonyl (C=O) groups excluding carboxylic acids is 1. The van der Waals surface area contributed by atoms with Crippen LogP contribution < -0.4 is 5.32 Å². The Morgan fingerprint density at radius 1 is 0.724 bits per heavy atom. The van der Waals surface area contributed by atoms with Gasteiger partial charge >= 0.3 is 0 Å². The van der Waals surface area contributed by atoms with Crippen LogP contribution in [0, 0.1) is 0 Å². The zero-order valence-corrected chi connectivity index (χ0v) is 15.2. The molecule has 5 rings (SSSR count). The Kier molecular flexibility index (Phi) is 4.14. The number of rotatable bonds is 4. The highest BCUT2D eigenvalue weighted by molar-refractivity contribution is 6.04. The molecule has 0 aliphatic rings. The van der Waals surface area contributed by atoms with Gasteiger partial charge in [-0.15, -0.1) is 10.2 Å². The molecule has 2 heterocycles. The van der Waals surface area contributed by atoms with Gasteiger partial charge in [0.1, 0.15) is 5.58 Å². The maximum absolute atomic E-state index is 12.6. The Morgan fingerprint density at radius 3 is 2.28 bits per heavy atom. The van der Waals surface area contributed by atoms with Crippen LogP contribution in [0.3, 0.4) is 0 Å². The number of fused-ring (bicyclic) bond motifs is 1. The van der Waals surface area contributed by atoms with Gasteiger partial charge in [-0.2, -0.15) is 0 Å². The van der Waals surface area contributed by atoms with Crippen LogP contribution in [0.4, 0.5) is 5.69 Å². The first-order chi connectivity index (χ1) is 14.3. The third-order valence-corrected chi connectivity index (χ3v) is 4.46. The predicted octanol–water partition coefficient (Wildman–Crippen LogP) is 5.40. The molecule has 0 radical (unpaired) electrons. The second-order valence-electron chi connectivity index (χ2n) is 6.46. The molecule has 3 aromatic carbocycles. The van der Waals surface area contributed by atoms with Crippen molar-refractivity contribution in [3.63, 3.8) is 0 Å². The second-order valence-corrected chi connectivity index (χ2v) is 6.46. The quantitative estimate of drug-likeness (QED) is 0.451. The molecule has 0 saturated carbocycles.